The van der Waals surface area contributed by atoms with Crippen molar-refractivity contribution in [3.8, 4) is 0 Å². The highest BCUT2D eigenvalue weighted by molar-refractivity contribution is 5.33. The van der Waals surface area contributed by atoms with Crippen LogP contribution in [0.5, 0.6) is 0 Å². The van der Waals surface area contributed by atoms with E-state index >= 15 is 0 Å². The van der Waals surface area contributed by atoms with Gasteiger partial charge < -0.3 is 4.52 Å². The number of rotatable bonds is 3. The summed E-state index contributed by atoms with van der Waals surface area (Å²) < 4.78 is 5.48. The molecule has 3 fully saturated rings. The van der Waals surface area contributed by atoms with Crippen LogP contribution in [-0.4, -0.2) is 46.7 Å². The molecule has 132 valence electrons. The van der Waals surface area contributed by atoms with Gasteiger partial charge in [-0.15, -0.1) is 0 Å². The topological polar surface area (TPSA) is 32.5 Å². The van der Waals surface area contributed by atoms with E-state index in [4.69, 9.17) is 4.52 Å². The summed E-state index contributed by atoms with van der Waals surface area (Å²) in [6, 6.07) is 12.5. The van der Waals surface area contributed by atoms with Crippen LogP contribution in [0.3, 0.4) is 0 Å². The van der Waals surface area contributed by atoms with Crippen molar-refractivity contribution in [3.05, 3.63) is 52.9 Å². The van der Waals surface area contributed by atoms with E-state index in [-0.39, 0.29) is 0 Å². The lowest BCUT2D eigenvalue weighted by Crippen LogP contribution is -2.44. The quantitative estimate of drug-likeness (QED) is 0.862. The number of hydrogen-bond donors (Lipinski definition) is 0. The second kappa shape index (κ2) is 6.26. The first-order chi connectivity index (χ1) is 12.2. The lowest BCUT2D eigenvalue weighted by Gasteiger charge is -2.35. The molecular weight excluding hydrogens is 310 g/mol. The molecule has 3 aliphatic heterocycles. The summed E-state index contributed by atoms with van der Waals surface area (Å²) in [6.07, 6.45) is 5.18. The van der Waals surface area contributed by atoms with Crippen LogP contribution < -0.4 is 0 Å². The molecule has 6 rings (SSSR count). The summed E-state index contributed by atoms with van der Waals surface area (Å²) in [6.45, 7) is 6.60. The highest BCUT2D eigenvalue weighted by atomic mass is 16.5. The maximum atomic E-state index is 5.48. The third-order valence-corrected chi connectivity index (χ3v) is 6.44. The maximum absolute atomic E-state index is 5.48. The van der Waals surface area contributed by atoms with Gasteiger partial charge in [0.25, 0.3) is 0 Å². The third-order valence-electron chi connectivity index (χ3n) is 6.44. The molecule has 1 aliphatic carbocycles. The second-order valence-corrected chi connectivity index (χ2v) is 8.25. The fraction of sp³-hybridized carbons (Fsp3) is 0.571. The van der Waals surface area contributed by atoms with E-state index in [9.17, 15) is 0 Å². The highest BCUT2D eigenvalue weighted by Crippen LogP contribution is 2.33. The molecule has 0 amide bonds. The Morgan fingerprint density at radius 2 is 1.84 bits per heavy atom. The molecule has 4 heterocycles. The number of piperidine rings is 1. The van der Waals surface area contributed by atoms with Crippen LogP contribution in [0.15, 0.2) is 34.9 Å². The van der Waals surface area contributed by atoms with Gasteiger partial charge in [0.05, 0.1) is 12.2 Å². The van der Waals surface area contributed by atoms with Crippen molar-refractivity contribution in [1.82, 2.24) is 15.0 Å². The van der Waals surface area contributed by atoms with Gasteiger partial charge in [-0.25, -0.2) is 0 Å². The van der Waals surface area contributed by atoms with Crippen molar-refractivity contribution in [2.75, 3.05) is 19.6 Å². The Bertz CT molecular complexity index is 730. The molecule has 0 radical (unpaired) electrons. The summed E-state index contributed by atoms with van der Waals surface area (Å²) in [5.41, 5.74) is 4.12. The normalized spacial score (nSPS) is 27.6. The molecule has 4 heteroatoms. The van der Waals surface area contributed by atoms with Crippen LogP contribution in [0.25, 0.3) is 0 Å². The number of nitrogens with zero attached hydrogens (tertiary/aromatic N) is 3. The molecule has 2 atom stereocenters. The number of benzene rings is 1. The van der Waals surface area contributed by atoms with Gasteiger partial charge in [0, 0.05) is 37.8 Å². The SMILES string of the molecule is Cc1cc(CN2C[C@H]3CC[C@@H]2CN(C2Cc4ccccc4C2)C3)on1. The Hall–Kier alpha value is -1.65. The molecule has 2 aromatic rings. The number of hydrogen-bond acceptors (Lipinski definition) is 4. The van der Waals surface area contributed by atoms with Crippen molar-refractivity contribution in [3.63, 3.8) is 0 Å². The summed E-state index contributed by atoms with van der Waals surface area (Å²) in [5, 5.41) is 4.06. The smallest absolute Gasteiger partial charge is 0.150 e. The van der Waals surface area contributed by atoms with Gasteiger partial charge in [-0.1, -0.05) is 29.4 Å². The predicted octanol–water partition coefficient (Wildman–Crippen LogP) is 3.05. The van der Waals surface area contributed by atoms with Crippen LogP contribution in [-0.2, 0) is 19.4 Å². The molecule has 4 aliphatic rings. The Kier molecular flexibility index (Phi) is 3.90. The average Bonchev–Trinajstić information content (AvgIpc) is 3.11. The van der Waals surface area contributed by atoms with Crippen molar-refractivity contribution < 1.29 is 4.52 Å². The van der Waals surface area contributed by atoms with Gasteiger partial charge >= 0.3 is 0 Å². The van der Waals surface area contributed by atoms with Gasteiger partial charge in [-0.3, -0.25) is 9.80 Å². The van der Waals surface area contributed by atoms with Crippen LogP contribution in [0.4, 0.5) is 0 Å². The van der Waals surface area contributed by atoms with Crippen molar-refractivity contribution in [1.29, 1.82) is 0 Å². The van der Waals surface area contributed by atoms with E-state index in [0.717, 1.165) is 23.9 Å². The number of aryl methyl sites for hydroxylation is 1. The molecule has 1 aromatic carbocycles. The van der Waals surface area contributed by atoms with Crippen LogP contribution >= 0.6 is 0 Å². The third kappa shape index (κ3) is 3.02. The summed E-state index contributed by atoms with van der Waals surface area (Å²) >= 11 is 0. The predicted molar refractivity (Wildman–Crippen MR) is 97.4 cm³/mol. The zero-order valence-electron chi connectivity index (χ0n) is 15.0. The minimum Gasteiger partial charge on any atom is -0.360 e. The monoisotopic (exact) mass is 337 g/mol. The summed E-state index contributed by atoms with van der Waals surface area (Å²) in [5.74, 6) is 1.82. The lowest BCUT2D eigenvalue weighted by molar-refractivity contribution is 0.109. The lowest BCUT2D eigenvalue weighted by atomic mass is 9.95. The molecule has 2 bridgehead atoms. The standard InChI is InChI=1S/C21H27N3O/c1-15-8-21(25-22-15)14-24-12-16-6-7-19(24)13-23(11-16)20-9-17-4-2-3-5-18(17)10-20/h2-5,8,16,19-20H,6-7,9-14H2,1H3/t16-,19+/m0/s1. The Morgan fingerprint density at radius 3 is 2.56 bits per heavy atom. The zero-order valence-corrected chi connectivity index (χ0v) is 15.0. The van der Waals surface area contributed by atoms with Gasteiger partial charge in [0.1, 0.15) is 0 Å². The molecule has 3 saturated heterocycles. The largest absolute Gasteiger partial charge is 0.360 e. The molecule has 0 spiro atoms. The minimum atomic E-state index is 0.660. The molecule has 0 N–H and O–H groups in total. The Morgan fingerprint density at radius 1 is 1.04 bits per heavy atom. The first-order valence-corrected chi connectivity index (χ1v) is 9.71. The summed E-state index contributed by atoms with van der Waals surface area (Å²) in [7, 11) is 0. The van der Waals surface area contributed by atoms with E-state index in [1.165, 1.54) is 45.3 Å². The van der Waals surface area contributed by atoms with Crippen molar-refractivity contribution in [2.24, 2.45) is 5.92 Å². The minimum absolute atomic E-state index is 0.660. The van der Waals surface area contributed by atoms with Crippen LogP contribution in [0.1, 0.15) is 35.4 Å². The van der Waals surface area contributed by atoms with E-state index in [1.54, 1.807) is 11.1 Å². The average molecular weight is 337 g/mol. The van der Waals surface area contributed by atoms with Crippen molar-refractivity contribution >= 4 is 0 Å². The molecule has 0 unspecified atom stereocenters. The van der Waals surface area contributed by atoms with E-state index in [1.807, 2.05) is 6.92 Å². The molecule has 0 saturated carbocycles. The number of fused-ring (bicyclic) bond motifs is 5. The fourth-order valence-corrected chi connectivity index (χ4v) is 5.19. The van der Waals surface area contributed by atoms with Gasteiger partial charge in [0.15, 0.2) is 5.76 Å². The van der Waals surface area contributed by atoms with E-state index in [0.29, 0.717) is 12.1 Å². The van der Waals surface area contributed by atoms with E-state index in [2.05, 4.69) is 45.3 Å². The second-order valence-electron chi connectivity index (χ2n) is 8.25. The van der Waals surface area contributed by atoms with Gasteiger partial charge in [0.2, 0.25) is 0 Å². The molecule has 25 heavy (non-hydrogen) atoms. The molecule has 4 nitrogen and oxygen atoms in total. The first kappa shape index (κ1) is 15.6. The molecule has 1 aromatic heterocycles. The Labute approximate surface area is 149 Å². The maximum Gasteiger partial charge on any atom is 0.150 e. The Balaban J connectivity index is 1.30. The number of aromatic nitrogens is 1. The van der Waals surface area contributed by atoms with Crippen LogP contribution in [0, 0.1) is 12.8 Å². The first-order valence-electron chi connectivity index (χ1n) is 9.71. The van der Waals surface area contributed by atoms with Gasteiger partial charge in [-0.2, -0.15) is 0 Å². The summed E-state index contributed by atoms with van der Waals surface area (Å²) in [4.78, 5) is 5.45. The van der Waals surface area contributed by atoms with Crippen LogP contribution in [0.2, 0.25) is 0 Å². The zero-order chi connectivity index (χ0) is 16.8. The molecular formula is C21H27N3O. The highest BCUT2D eigenvalue weighted by Gasteiger charge is 2.38. The van der Waals surface area contributed by atoms with E-state index < -0.39 is 0 Å². The van der Waals surface area contributed by atoms with Gasteiger partial charge in [-0.05, 0) is 49.7 Å². The van der Waals surface area contributed by atoms with Crippen molar-refractivity contribution in [2.45, 2.75) is 51.2 Å². The fourth-order valence-electron chi connectivity index (χ4n) is 5.19.